The highest BCUT2D eigenvalue weighted by Gasteiger charge is 2.11. The number of rotatable bonds is 7. The minimum Gasteiger partial charge on any atom is -0.351 e. The maximum atomic E-state index is 13.0. The summed E-state index contributed by atoms with van der Waals surface area (Å²) in [6.45, 7) is 0.933. The Kier molecular flexibility index (Phi) is 6.21. The molecule has 0 aliphatic rings. The van der Waals surface area contributed by atoms with Crippen LogP contribution in [0, 0.1) is 5.82 Å². The number of carbonyl (C=O) groups excluding carboxylic acids is 1. The standard InChI is InChI=1S/C14H16ClFN4OS/c1-22-6-2-5-17-14(21)13-9-20(19-18-13)8-10-3-4-11(16)7-12(10)15/h3-4,7,9H,2,5-6,8H2,1H3,(H,17,21). The van der Waals surface area contributed by atoms with Crippen molar-refractivity contribution in [2.24, 2.45) is 0 Å². The Morgan fingerprint density at radius 2 is 2.32 bits per heavy atom. The molecule has 0 fully saturated rings. The lowest BCUT2D eigenvalue weighted by Crippen LogP contribution is -2.25. The van der Waals surface area contributed by atoms with E-state index in [9.17, 15) is 9.18 Å². The van der Waals surface area contributed by atoms with Crippen LogP contribution in [0.3, 0.4) is 0 Å². The molecule has 2 rings (SSSR count). The molecule has 0 bridgehead atoms. The molecule has 0 spiro atoms. The fourth-order valence-corrected chi connectivity index (χ4v) is 2.47. The molecule has 0 radical (unpaired) electrons. The first kappa shape index (κ1) is 16.8. The quantitative estimate of drug-likeness (QED) is 0.786. The van der Waals surface area contributed by atoms with Crippen LogP contribution in [0.1, 0.15) is 22.5 Å². The van der Waals surface area contributed by atoms with Crippen LogP contribution < -0.4 is 5.32 Å². The number of nitrogens with one attached hydrogen (secondary N) is 1. The molecule has 1 aromatic carbocycles. The Bertz CT molecular complexity index is 650. The van der Waals surface area contributed by atoms with E-state index >= 15 is 0 Å². The van der Waals surface area contributed by atoms with Gasteiger partial charge in [0, 0.05) is 11.6 Å². The maximum absolute atomic E-state index is 13.0. The predicted molar refractivity (Wildman–Crippen MR) is 85.9 cm³/mol. The number of hydrogen-bond acceptors (Lipinski definition) is 4. The first-order valence-electron chi connectivity index (χ1n) is 6.71. The number of amides is 1. The summed E-state index contributed by atoms with van der Waals surface area (Å²) in [5.74, 6) is 0.353. The SMILES string of the molecule is CSCCCNC(=O)c1cn(Cc2ccc(F)cc2Cl)nn1. The molecule has 1 N–H and O–H groups in total. The summed E-state index contributed by atoms with van der Waals surface area (Å²) in [7, 11) is 0. The number of nitrogens with zero attached hydrogens (tertiary/aromatic N) is 3. The van der Waals surface area contributed by atoms with Crippen LogP contribution in [-0.2, 0) is 6.54 Å². The molecular formula is C14H16ClFN4OS. The van der Waals surface area contributed by atoms with Crippen molar-refractivity contribution in [3.05, 3.63) is 46.5 Å². The van der Waals surface area contributed by atoms with E-state index < -0.39 is 5.82 Å². The third-order valence-corrected chi connectivity index (χ3v) is 3.98. The van der Waals surface area contributed by atoms with Crippen molar-refractivity contribution in [2.75, 3.05) is 18.6 Å². The van der Waals surface area contributed by atoms with Gasteiger partial charge in [0.05, 0.1) is 12.7 Å². The number of carbonyl (C=O) groups is 1. The van der Waals surface area contributed by atoms with Gasteiger partial charge in [-0.05, 0) is 36.1 Å². The molecule has 1 amide bonds. The average Bonchev–Trinajstić information content (AvgIpc) is 2.95. The van der Waals surface area contributed by atoms with E-state index in [1.165, 1.54) is 16.8 Å². The highest BCUT2D eigenvalue weighted by molar-refractivity contribution is 7.98. The summed E-state index contributed by atoms with van der Waals surface area (Å²) < 4.78 is 14.5. The van der Waals surface area contributed by atoms with Gasteiger partial charge in [0.2, 0.25) is 0 Å². The summed E-state index contributed by atoms with van der Waals surface area (Å²) >= 11 is 7.70. The summed E-state index contributed by atoms with van der Waals surface area (Å²) in [4.78, 5) is 11.9. The molecule has 8 heteroatoms. The van der Waals surface area contributed by atoms with Crippen LogP contribution in [0.2, 0.25) is 5.02 Å². The molecule has 118 valence electrons. The topological polar surface area (TPSA) is 59.8 Å². The second-order valence-electron chi connectivity index (χ2n) is 4.64. The fraction of sp³-hybridized carbons (Fsp3) is 0.357. The van der Waals surface area contributed by atoms with Crippen molar-refractivity contribution in [3.63, 3.8) is 0 Å². The maximum Gasteiger partial charge on any atom is 0.273 e. The summed E-state index contributed by atoms with van der Waals surface area (Å²) in [6.07, 6.45) is 4.48. The van der Waals surface area contributed by atoms with Crippen LogP contribution >= 0.6 is 23.4 Å². The Morgan fingerprint density at radius 3 is 3.05 bits per heavy atom. The minimum absolute atomic E-state index is 0.252. The molecule has 1 heterocycles. The van der Waals surface area contributed by atoms with Crippen molar-refractivity contribution in [3.8, 4) is 0 Å². The smallest absolute Gasteiger partial charge is 0.273 e. The second kappa shape index (κ2) is 8.14. The lowest BCUT2D eigenvalue weighted by atomic mass is 10.2. The van der Waals surface area contributed by atoms with Gasteiger partial charge in [-0.15, -0.1) is 5.10 Å². The summed E-state index contributed by atoms with van der Waals surface area (Å²) in [6, 6.07) is 4.16. The lowest BCUT2D eigenvalue weighted by molar-refractivity contribution is 0.0948. The van der Waals surface area contributed by atoms with Crippen molar-refractivity contribution in [2.45, 2.75) is 13.0 Å². The van der Waals surface area contributed by atoms with Crippen LogP contribution in [0.4, 0.5) is 4.39 Å². The Hall–Kier alpha value is -1.60. The van der Waals surface area contributed by atoms with Gasteiger partial charge in [-0.25, -0.2) is 9.07 Å². The fourth-order valence-electron chi connectivity index (χ4n) is 1.81. The van der Waals surface area contributed by atoms with E-state index in [0.29, 0.717) is 23.7 Å². The Morgan fingerprint density at radius 1 is 1.50 bits per heavy atom. The van der Waals surface area contributed by atoms with Gasteiger partial charge in [-0.2, -0.15) is 11.8 Å². The molecule has 1 aromatic heterocycles. The van der Waals surface area contributed by atoms with Crippen molar-refractivity contribution in [1.82, 2.24) is 20.3 Å². The lowest BCUT2D eigenvalue weighted by Gasteiger charge is -2.03. The first-order valence-corrected chi connectivity index (χ1v) is 8.48. The van der Waals surface area contributed by atoms with E-state index in [-0.39, 0.29) is 11.6 Å². The highest BCUT2D eigenvalue weighted by atomic mass is 35.5. The number of aromatic nitrogens is 3. The zero-order valence-electron chi connectivity index (χ0n) is 12.1. The molecule has 2 aromatic rings. The van der Waals surface area contributed by atoms with Gasteiger partial charge < -0.3 is 5.32 Å². The van der Waals surface area contributed by atoms with Gasteiger partial charge in [0.15, 0.2) is 5.69 Å². The number of hydrogen-bond donors (Lipinski definition) is 1. The van der Waals surface area contributed by atoms with Crippen molar-refractivity contribution in [1.29, 1.82) is 0 Å². The molecule has 0 atom stereocenters. The molecule has 22 heavy (non-hydrogen) atoms. The van der Waals surface area contributed by atoms with Gasteiger partial charge in [-0.3, -0.25) is 4.79 Å². The van der Waals surface area contributed by atoms with Gasteiger partial charge in [-0.1, -0.05) is 22.9 Å². The summed E-state index contributed by atoms with van der Waals surface area (Å²) in [5.41, 5.74) is 0.960. The predicted octanol–water partition coefficient (Wildman–Crippen LogP) is 2.60. The largest absolute Gasteiger partial charge is 0.351 e. The zero-order valence-corrected chi connectivity index (χ0v) is 13.6. The number of thioether (sulfide) groups is 1. The molecule has 0 unspecified atom stereocenters. The average molecular weight is 343 g/mol. The normalized spacial score (nSPS) is 10.7. The monoisotopic (exact) mass is 342 g/mol. The second-order valence-corrected chi connectivity index (χ2v) is 6.03. The van der Waals surface area contributed by atoms with Crippen LogP contribution in [0.15, 0.2) is 24.4 Å². The summed E-state index contributed by atoms with van der Waals surface area (Å²) in [5, 5.41) is 10.8. The third-order valence-electron chi connectivity index (χ3n) is 2.93. The minimum atomic E-state index is -0.391. The van der Waals surface area contributed by atoms with Crippen LogP contribution in [-0.4, -0.2) is 39.5 Å². The van der Waals surface area contributed by atoms with Gasteiger partial charge >= 0.3 is 0 Å². The van der Waals surface area contributed by atoms with E-state index in [1.54, 1.807) is 24.0 Å². The van der Waals surface area contributed by atoms with Crippen molar-refractivity contribution >= 4 is 29.3 Å². The molecule has 0 aliphatic heterocycles. The van der Waals surface area contributed by atoms with Gasteiger partial charge in [0.25, 0.3) is 5.91 Å². The zero-order chi connectivity index (χ0) is 15.9. The number of halogens is 2. The Labute approximate surface area is 137 Å². The van der Waals surface area contributed by atoms with E-state index in [2.05, 4.69) is 15.6 Å². The molecular weight excluding hydrogens is 327 g/mol. The van der Waals surface area contributed by atoms with E-state index in [4.69, 9.17) is 11.6 Å². The third kappa shape index (κ3) is 4.71. The van der Waals surface area contributed by atoms with Gasteiger partial charge in [0.1, 0.15) is 5.82 Å². The van der Waals surface area contributed by atoms with E-state index in [0.717, 1.165) is 12.2 Å². The van der Waals surface area contributed by atoms with Crippen LogP contribution in [0.25, 0.3) is 0 Å². The highest BCUT2D eigenvalue weighted by Crippen LogP contribution is 2.18. The molecule has 0 aliphatic carbocycles. The van der Waals surface area contributed by atoms with Crippen LogP contribution in [0.5, 0.6) is 0 Å². The Balaban J connectivity index is 1.94. The molecule has 5 nitrogen and oxygen atoms in total. The van der Waals surface area contributed by atoms with E-state index in [1.807, 2.05) is 6.26 Å². The first-order chi connectivity index (χ1) is 10.6. The molecule has 0 saturated carbocycles. The number of benzene rings is 1. The van der Waals surface area contributed by atoms with Crippen molar-refractivity contribution < 1.29 is 9.18 Å². The molecule has 0 saturated heterocycles.